The maximum Gasteiger partial charge on any atom is 0.237 e. The Morgan fingerprint density at radius 1 is 1.25 bits per heavy atom. The normalized spacial score (nSPS) is 24.6. The van der Waals surface area contributed by atoms with Crippen LogP contribution in [0.2, 0.25) is 0 Å². The first-order valence-electron chi connectivity index (χ1n) is 7.37. The number of epoxide rings is 1. The summed E-state index contributed by atoms with van der Waals surface area (Å²) in [6, 6.07) is -0.755. The Balaban J connectivity index is 2.74. The molecule has 0 unspecified atom stereocenters. The zero-order chi connectivity index (χ0) is 15.5. The van der Waals surface area contributed by atoms with Gasteiger partial charge in [0.2, 0.25) is 5.91 Å². The fraction of sp³-hybridized carbons (Fsp3) is 0.867. The van der Waals surface area contributed by atoms with E-state index in [0.29, 0.717) is 18.9 Å². The summed E-state index contributed by atoms with van der Waals surface area (Å²) in [5.74, 6) is 0.366. The molecule has 1 aliphatic heterocycles. The van der Waals surface area contributed by atoms with E-state index in [1.165, 1.54) is 0 Å². The van der Waals surface area contributed by atoms with Crippen molar-refractivity contribution in [1.82, 2.24) is 10.6 Å². The number of carbonyl (C=O) groups excluding carboxylic acids is 2. The third-order valence-electron chi connectivity index (χ3n) is 3.70. The molecule has 2 N–H and O–H groups in total. The monoisotopic (exact) mass is 284 g/mol. The fourth-order valence-corrected chi connectivity index (χ4v) is 2.35. The maximum absolute atomic E-state index is 12.4. The summed E-state index contributed by atoms with van der Waals surface area (Å²) in [6.07, 6.45) is 0.637. The second kappa shape index (κ2) is 6.68. The summed E-state index contributed by atoms with van der Waals surface area (Å²) >= 11 is 0. The van der Waals surface area contributed by atoms with E-state index in [1.54, 1.807) is 14.0 Å². The Labute approximate surface area is 121 Å². The standard InChI is InChI=1S/C15H28N2O3/c1-9(2)7-11(13(18)15(5)8-20-15)17-14(19)12(16-6)10(3)4/h9-12,16H,7-8H2,1-6H3,(H,17,19)/t11-,12-,15+/m0/s1. The third kappa shape index (κ3) is 4.28. The van der Waals surface area contributed by atoms with Crippen LogP contribution >= 0.6 is 0 Å². The molecule has 0 radical (unpaired) electrons. The molecule has 0 spiro atoms. The van der Waals surface area contributed by atoms with Crippen LogP contribution in [0.5, 0.6) is 0 Å². The molecule has 20 heavy (non-hydrogen) atoms. The second-order valence-corrected chi connectivity index (χ2v) is 6.58. The van der Waals surface area contributed by atoms with Crippen molar-refractivity contribution in [2.24, 2.45) is 11.8 Å². The zero-order valence-corrected chi connectivity index (χ0v) is 13.4. The average Bonchev–Trinajstić information content (AvgIpc) is 3.06. The molecule has 5 nitrogen and oxygen atoms in total. The third-order valence-corrected chi connectivity index (χ3v) is 3.70. The number of rotatable bonds is 8. The average molecular weight is 284 g/mol. The Morgan fingerprint density at radius 2 is 1.80 bits per heavy atom. The molecule has 1 fully saturated rings. The maximum atomic E-state index is 12.4. The highest BCUT2D eigenvalue weighted by Crippen LogP contribution is 2.29. The molecule has 5 heteroatoms. The van der Waals surface area contributed by atoms with Gasteiger partial charge in [0.15, 0.2) is 5.78 Å². The van der Waals surface area contributed by atoms with Gasteiger partial charge in [-0.05, 0) is 32.2 Å². The summed E-state index contributed by atoms with van der Waals surface area (Å²) in [5, 5.41) is 5.89. The SMILES string of the molecule is CN[C@H](C(=O)N[C@@H](CC(C)C)C(=O)[C@@]1(C)CO1)C(C)C. The van der Waals surface area contributed by atoms with Crippen molar-refractivity contribution >= 4 is 11.7 Å². The van der Waals surface area contributed by atoms with Crippen LogP contribution in [0.15, 0.2) is 0 Å². The van der Waals surface area contributed by atoms with E-state index in [-0.39, 0.29) is 23.7 Å². The van der Waals surface area contributed by atoms with Gasteiger partial charge in [0.05, 0.1) is 18.7 Å². The number of amides is 1. The van der Waals surface area contributed by atoms with E-state index in [4.69, 9.17) is 4.74 Å². The van der Waals surface area contributed by atoms with Crippen molar-refractivity contribution in [2.45, 2.75) is 58.7 Å². The molecule has 0 aromatic carbocycles. The Hall–Kier alpha value is -0.940. The number of ether oxygens (including phenoxy) is 1. The highest BCUT2D eigenvalue weighted by molar-refractivity contribution is 5.97. The molecule has 1 rings (SSSR count). The number of carbonyl (C=O) groups is 2. The van der Waals surface area contributed by atoms with E-state index < -0.39 is 11.6 Å². The molecule has 116 valence electrons. The summed E-state index contributed by atoms with van der Waals surface area (Å²) in [4.78, 5) is 24.7. The first kappa shape index (κ1) is 17.1. The van der Waals surface area contributed by atoms with Gasteiger partial charge in [0.1, 0.15) is 5.60 Å². The van der Waals surface area contributed by atoms with Gasteiger partial charge >= 0.3 is 0 Å². The lowest BCUT2D eigenvalue weighted by atomic mass is 9.92. The van der Waals surface area contributed by atoms with Gasteiger partial charge in [-0.2, -0.15) is 0 Å². The molecule has 1 aliphatic rings. The van der Waals surface area contributed by atoms with E-state index in [9.17, 15) is 9.59 Å². The van der Waals surface area contributed by atoms with Gasteiger partial charge in [-0.1, -0.05) is 27.7 Å². The minimum absolute atomic E-state index is 0.0156. The lowest BCUT2D eigenvalue weighted by Crippen LogP contribution is -2.53. The Morgan fingerprint density at radius 3 is 2.15 bits per heavy atom. The Bertz CT molecular complexity index is 362. The molecular formula is C15H28N2O3. The minimum atomic E-state index is -0.695. The van der Waals surface area contributed by atoms with Crippen LogP contribution in [0.4, 0.5) is 0 Å². The molecule has 1 heterocycles. The number of hydrogen-bond acceptors (Lipinski definition) is 4. The number of ketones is 1. The number of likely N-dealkylation sites (N-methyl/N-ethyl adjacent to an activating group) is 1. The van der Waals surface area contributed by atoms with Gasteiger partial charge in [-0.15, -0.1) is 0 Å². The minimum Gasteiger partial charge on any atom is -0.361 e. The zero-order valence-electron chi connectivity index (χ0n) is 13.4. The second-order valence-electron chi connectivity index (χ2n) is 6.58. The summed E-state index contributed by atoms with van der Waals surface area (Å²) in [6.45, 7) is 10.3. The molecule has 0 bridgehead atoms. The molecular weight excluding hydrogens is 256 g/mol. The van der Waals surface area contributed by atoms with Crippen LogP contribution in [0.25, 0.3) is 0 Å². The molecule has 0 aliphatic carbocycles. The van der Waals surface area contributed by atoms with Crippen LogP contribution in [0, 0.1) is 11.8 Å². The van der Waals surface area contributed by atoms with Crippen molar-refractivity contribution in [3.05, 3.63) is 0 Å². The van der Waals surface area contributed by atoms with Crippen LogP contribution in [0.1, 0.15) is 41.0 Å². The molecule has 0 saturated carbocycles. The van der Waals surface area contributed by atoms with Crippen molar-refractivity contribution in [2.75, 3.05) is 13.7 Å². The number of hydrogen-bond donors (Lipinski definition) is 2. The van der Waals surface area contributed by atoms with Gasteiger partial charge in [-0.25, -0.2) is 0 Å². The highest BCUT2D eigenvalue weighted by Gasteiger charge is 2.50. The lowest BCUT2D eigenvalue weighted by Gasteiger charge is -2.25. The van der Waals surface area contributed by atoms with Crippen LogP contribution in [-0.2, 0) is 14.3 Å². The molecule has 0 aromatic rings. The summed E-state index contributed by atoms with van der Waals surface area (Å²) < 4.78 is 5.22. The van der Waals surface area contributed by atoms with Gasteiger partial charge < -0.3 is 15.4 Å². The topological polar surface area (TPSA) is 70.7 Å². The number of Topliss-reactive ketones (excluding diaryl/α,β-unsaturated/α-hetero) is 1. The summed E-state index contributed by atoms with van der Waals surface area (Å²) in [5.41, 5.74) is -0.695. The first-order chi connectivity index (χ1) is 9.21. The van der Waals surface area contributed by atoms with Crippen LogP contribution in [-0.4, -0.2) is 43.0 Å². The molecule has 1 amide bonds. The van der Waals surface area contributed by atoms with Crippen LogP contribution < -0.4 is 10.6 Å². The van der Waals surface area contributed by atoms with E-state index in [1.807, 2.05) is 27.7 Å². The van der Waals surface area contributed by atoms with E-state index in [0.717, 1.165) is 0 Å². The number of nitrogens with one attached hydrogen (secondary N) is 2. The molecule has 1 saturated heterocycles. The lowest BCUT2D eigenvalue weighted by molar-refractivity contribution is -0.132. The van der Waals surface area contributed by atoms with Crippen LogP contribution in [0.3, 0.4) is 0 Å². The fourth-order valence-electron chi connectivity index (χ4n) is 2.35. The van der Waals surface area contributed by atoms with Crippen molar-refractivity contribution in [3.8, 4) is 0 Å². The largest absolute Gasteiger partial charge is 0.361 e. The highest BCUT2D eigenvalue weighted by atomic mass is 16.6. The first-order valence-corrected chi connectivity index (χ1v) is 7.37. The predicted molar refractivity (Wildman–Crippen MR) is 78.4 cm³/mol. The molecule has 3 atom stereocenters. The van der Waals surface area contributed by atoms with Gasteiger partial charge in [-0.3, -0.25) is 9.59 Å². The van der Waals surface area contributed by atoms with Gasteiger partial charge in [0, 0.05) is 0 Å². The summed E-state index contributed by atoms with van der Waals surface area (Å²) in [7, 11) is 1.76. The van der Waals surface area contributed by atoms with E-state index in [2.05, 4.69) is 10.6 Å². The van der Waals surface area contributed by atoms with Crippen molar-refractivity contribution in [1.29, 1.82) is 0 Å². The Kier molecular flexibility index (Phi) is 5.71. The molecule has 0 aromatic heterocycles. The van der Waals surface area contributed by atoms with Gasteiger partial charge in [0.25, 0.3) is 0 Å². The van der Waals surface area contributed by atoms with Crippen molar-refractivity contribution in [3.63, 3.8) is 0 Å². The van der Waals surface area contributed by atoms with Crippen molar-refractivity contribution < 1.29 is 14.3 Å². The quantitative estimate of drug-likeness (QED) is 0.655. The smallest absolute Gasteiger partial charge is 0.237 e. The predicted octanol–water partition coefficient (Wildman–Crippen LogP) is 1.12. The van der Waals surface area contributed by atoms with E-state index >= 15 is 0 Å².